The molecule has 5 heteroatoms. The maximum Gasteiger partial charge on any atom is 0.147 e. The van der Waals surface area contributed by atoms with Crippen LogP contribution in [0.1, 0.15) is 17.2 Å². The number of aromatic hydroxyl groups is 1. The molecule has 0 amide bonds. The van der Waals surface area contributed by atoms with E-state index in [1.165, 1.54) is 0 Å². The van der Waals surface area contributed by atoms with Crippen LogP contribution in [0.4, 0.5) is 5.82 Å². The van der Waals surface area contributed by atoms with E-state index in [4.69, 9.17) is 0 Å². The summed E-state index contributed by atoms with van der Waals surface area (Å²) in [6.45, 7) is 0. The highest BCUT2D eigenvalue weighted by Gasteiger charge is 2.22. The molecule has 0 saturated carbocycles. The Morgan fingerprint density at radius 2 is 1.62 bits per heavy atom. The Hall–Kier alpha value is -2.92. The topological polar surface area (TPSA) is 58.0 Å². The summed E-state index contributed by atoms with van der Waals surface area (Å²) < 4.78 is 0.953. The van der Waals surface area contributed by atoms with Gasteiger partial charge in [-0.15, -0.1) is 0 Å². The molecular formula is C21H16BrN3O. The zero-order valence-corrected chi connectivity index (χ0v) is 15.4. The van der Waals surface area contributed by atoms with Gasteiger partial charge in [0.25, 0.3) is 0 Å². The largest absolute Gasteiger partial charge is 0.505 e. The summed E-state index contributed by atoms with van der Waals surface area (Å²) in [4.78, 5) is 8.71. The molecule has 4 nitrogen and oxygen atoms in total. The van der Waals surface area contributed by atoms with E-state index in [-0.39, 0.29) is 11.8 Å². The number of nitrogens with one attached hydrogen (secondary N) is 1. The van der Waals surface area contributed by atoms with Crippen LogP contribution in [0.2, 0.25) is 0 Å². The van der Waals surface area contributed by atoms with E-state index in [1.807, 2.05) is 66.7 Å². The molecule has 4 rings (SSSR count). The third-order valence-electron chi connectivity index (χ3n) is 4.26. The van der Waals surface area contributed by atoms with Gasteiger partial charge < -0.3 is 10.4 Å². The fourth-order valence-corrected chi connectivity index (χ4v) is 3.52. The van der Waals surface area contributed by atoms with E-state index in [1.54, 1.807) is 12.4 Å². The van der Waals surface area contributed by atoms with Crippen LogP contribution >= 0.6 is 15.9 Å². The average molecular weight is 406 g/mol. The van der Waals surface area contributed by atoms with Crippen LogP contribution in [-0.2, 0) is 0 Å². The van der Waals surface area contributed by atoms with Crippen LogP contribution < -0.4 is 5.32 Å². The van der Waals surface area contributed by atoms with Crippen molar-refractivity contribution < 1.29 is 5.11 Å². The zero-order valence-electron chi connectivity index (χ0n) is 13.8. The molecule has 0 aliphatic carbocycles. The van der Waals surface area contributed by atoms with E-state index in [9.17, 15) is 5.11 Å². The number of hydrogen-bond donors (Lipinski definition) is 2. The molecule has 128 valence electrons. The van der Waals surface area contributed by atoms with Crippen LogP contribution in [0.25, 0.3) is 10.9 Å². The number of aromatic nitrogens is 2. The molecule has 2 N–H and O–H groups in total. The lowest BCUT2D eigenvalue weighted by Crippen LogP contribution is -2.14. The van der Waals surface area contributed by atoms with E-state index in [0.717, 1.165) is 26.8 Å². The third-order valence-corrected chi connectivity index (χ3v) is 4.99. The molecule has 1 unspecified atom stereocenters. The van der Waals surface area contributed by atoms with Crippen molar-refractivity contribution in [3.8, 4) is 5.75 Å². The summed E-state index contributed by atoms with van der Waals surface area (Å²) in [5.74, 6) is 0.904. The van der Waals surface area contributed by atoms with Crippen LogP contribution in [-0.4, -0.2) is 15.1 Å². The van der Waals surface area contributed by atoms with Crippen molar-refractivity contribution in [2.45, 2.75) is 6.04 Å². The van der Waals surface area contributed by atoms with Gasteiger partial charge in [-0.3, -0.25) is 4.98 Å². The summed E-state index contributed by atoms with van der Waals surface area (Å²) >= 11 is 3.62. The predicted molar refractivity (Wildman–Crippen MR) is 107 cm³/mol. The standard InChI is InChI=1S/C21H16BrN3O/c22-17-8-2-1-7-15(17)20(25-18-9-3-4-12-23-18)16-11-10-14-6-5-13-24-19(14)21(16)26/h1-13,20,26H,(H,23,25). The van der Waals surface area contributed by atoms with Gasteiger partial charge in [-0.1, -0.05) is 58.4 Å². The number of phenols is 1. The number of halogens is 1. The number of hydrogen-bond acceptors (Lipinski definition) is 4. The third kappa shape index (κ3) is 3.13. The molecule has 2 aromatic heterocycles. The Bertz CT molecular complexity index is 1050. The average Bonchev–Trinajstić information content (AvgIpc) is 2.68. The first kappa shape index (κ1) is 16.5. The zero-order chi connectivity index (χ0) is 17.9. The summed E-state index contributed by atoms with van der Waals surface area (Å²) in [5, 5.41) is 15.2. The van der Waals surface area contributed by atoms with Gasteiger partial charge in [-0.2, -0.15) is 0 Å². The Kier molecular flexibility index (Phi) is 4.54. The van der Waals surface area contributed by atoms with E-state index < -0.39 is 0 Å². The Morgan fingerprint density at radius 3 is 2.42 bits per heavy atom. The van der Waals surface area contributed by atoms with Crippen LogP contribution in [0.5, 0.6) is 5.75 Å². The van der Waals surface area contributed by atoms with Crippen molar-refractivity contribution in [3.63, 3.8) is 0 Å². The second-order valence-electron chi connectivity index (χ2n) is 5.89. The van der Waals surface area contributed by atoms with Crippen LogP contribution in [0.3, 0.4) is 0 Å². The number of nitrogens with zero attached hydrogens (tertiary/aromatic N) is 2. The van der Waals surface area contributed by atoms with Crippen molar-refractivity contribution in [3.05, 3.63) is 94.7 Å². The van der Waals surface area contributed by atoms with Crippen molar-refractivity contribution in [2.75, 3.05) is 5.32 Å². The van der Waals surface area contributed by atoms with Gasteiger partial charge >= 0.3 is 0 Å². The maximum absolute atomic E-state index is 10.9. The fourth-order valence-electron chi connectivity index (χ4n) is 3.01. The van der Waals surface area contributed by atoms with Crippen molar-refractivity contribution >= 4 is 32.7 Å². The maximum atomic E-state index is 10.9. The van der Waals surface area contributed by atoms with Gasteiger partial charge in [-0.25, -0.2) is 4.98 Å². The Labute approximate surface area is 159 Å². The van der Waals surface area contributed by atoms with E-state index in [0.29, 0.717) is 5.52 Å². The Balaban J connectivity index is 1.88. The molecule has 0 saturated heterocycles. The second kappa shape index (κ2) is 7.14. The minimum absolute atomic E-state index is 0.173. The molecule has 0 spiro atoms. The number of rotatable bonds is 4. The van der Waals surface area contributed by atoms with Crippen molar-refractivity contribution in [2.24, 2.45) is 0 Å². The lowest BCUT2D eigenvalue weighted by Gasteiger charge is -2.23. The van der Waals surface area contributed by atoms with Crippen molar-refractivity contribution in [1.82, 2.24) is 9.97 Å². The monoisotopic (exact) mass is 405 g/mol. The summed E-state index contributed by atoms with van der Waals surface area (Å²) in [5.41, 5.74) is 2.34. The molecule has 1 atom stereocenters. The predicted octanol–water partition coefficient (Wildman–Crippen LogP) is 5.30. The van der Waals surface area contributed by atoms with E-state index in [2.05, 4.69) is 31.2 Å². The lowest BCUT2D eigenvalue weighted by molar-refractivity contribution is 0.471. The molecule has 2 heterocycles. The highest BCUT2D eigenvalue weighted by Crippen LogP contribution is 2.38. The van der Waals surface area contributed by atoms with Gasteiger partial charge in [0.05, 0.1) is 6.04 Å². The number of phenolic OH excluding ortho intramolecular Hbond substituents is 1. The molecule has 0 radical (unpaired) electrons. The number of fused-ring (bicyclic) bond motifs is 1. The number of benzene rings is 2. The molecule has 26 heavy (non-hydrogen) atoms. The molecule has 0 aliphatic rings. The smallest absolute Gasteiger partial charge is 0.147 e. The normalized spacial score (nSPS) is 12.0. The van der Waals surface area contributed by atoms with Crippen molar-refractivity contribution in [1.29, 1.82) is 0 Å². The SMILES string of the molecule is Oc1c(C(Nc2ccccn2)c2ccccc2Br)ccc2cccnc12. The molecule has 2 aromatic carbocycles. The molecule has 0 aliphatic heterocycles. The summed E-state index contributed by atoms with van der Waals surface area (Å²) in [6, 6.07) is 21.1. The fraction of sp³-hybridized carbons (Fsp3) is 0.0476. The highest BCUT2D eigenvalue weighted by molar-refractivity contribution is 9.10. The molecular weight excluding hydrogens is 390 g/mol. The summed E-state index contributed by atoms with van der Waals surface area (Å²) in [6.07, 6.45) is 3.42. The molecule has 0 fully saturated rings. The Morgan fingerprint density at radius 1 is 0.808 bits per heavy atom. The first-order chi connectivity index (χ1) is 12.7. The minimum Gasteiger partial charge on any atom is -0.505 e. The van der Waals surface area contributed by atoms with Gasteiger partial charge in [-0.05, 0) is 29.8 Å². The van der Waals surface area contributed by atoms with Gasteiger partial charge in [0.1, 0.15) is 17.1 Å². The quantitative estimate of drug-likeness (QED) is 0.483. The number of anilines is 1. The highest BCUT2D eigenvalue weighted by atomic mass is 79.9. The number of pyridine rings is 2. The first-order valence-corrected chi connectivity index (χ1v) is 9.02. The van der Waals surface area contributed by atoms with Gasteiger partial charge in [0.2, 0.25) is 0 Å². The molecule has 4 aromatic rings. The minimum atomic E-state index is -0.285. The van der Waals surface area contributed by atoms with Gasteiger partial charge in [0, 0.05) is 27.8 Å². The van der Waals surface area contributed by atoms with E-state index >= 15 is 0 Å². The second-order valence-corrected chi connectivity index (χ2v) is 6.75. The van der Waals surface area contributed by atoms with Gasteiger partial charge in [0.15, 0.2) is 0 Å². The first-order valence-electron chi connectivity index (χ1n) is 8.22. The van der Waals surface area contributed by atoms with Crippen LogP contribution in [0, 0.1) is 0 Å². The summed E-state index contributed by atoms with van der Waals surface area (Å²) in [7, 11) is 0. The van der Waals surface area contributed by atoms with Crippen LogP contribution in [0.15, 0.2) is 83.6 Å². The lowest BCUT2D eigenvalue weighted by atomic mass is 9.96. The molecule has 0 bridgehead atoms.